The topological polar surface area (TPSA) is 82.6 Å². The Labute approximate surface area is 146 Å². The van der Waals surface area contributed by atoms with Gasteiger partial charge in [0, 0.05) is 25.7 Å². The van der Waals surface area contributed by atoms with Gasteiger partial charge in [-0.25, -0.2) is 13.1 Å². The average Bonchev–Trinajstić information content (AvgIpc) is 2.91. The molecular weight excluding hydrogens is 403 g/mol. The number of guanidine groups is 1. The van der Waals surface area contributed by atoms with E-state index >= 15 is 0 Å². The van der Waals surface area contributed by atoms with Crippen LogP contribution in [0.4, 0.5) is 0 Å². The third kappa shape index (κ3) is 9.51. The van der Waals surface area contributed by atoms with Gasteiger partial charge in [-0.05, 0) is 33.1 Å². The Balaban J connectivity index is 0.00000400. The number of aliphatic imine (C=N–C) groups is 1. The molecule has 1 rings (SSSR count). The molecule has 0 radical (unpaired) electrons. The van der Waals surface area contributed by atoms with Crippen molar-refractivity contribution in [2.24, 2.45) is 4.99 Å². The lowest BCUT2D eigenvalue weighted by Crippen LogP contribution is -2.42. The summed E-state index contributed by atoms with van der Waals surface area (Å²) in [7, 11) is -3.08. The van der Waals surface area contributed by atoms with Crippen LogP contribution in [0.5, 0.6) is 0 Å². The van der Waals surface area contributed by atoms with E-state index in [0.29, 0.717) is 25.6 Å². The fourth-order valence-corrected chi connectivity index (χ4v) is 2.84. The molecular formula is C13H29IN4O2S. The average molecular weight is 432 g/mol. The Morgan fingerprint density at radius 2 is 1.90 bits per heavy atom. The summed E-state index contributed by atoms with van der Waals surface area (Å²) < 4.78 is 25.1. The van der Waals surface area contributed by atoms with Gasteiger partial charge in [-0.3, -0.25) is 4.99 Å². The molecule has 126 valence electrons. The Bertz CT molecular complexity index is 395. The highest BCUT2D eigenvalue weighted by Crippen LogP contribution is 2.17. The highest BCUT2D eigenvalue weighted by atomic mass is 127. The lowest BCUT2D eigenvalue weighted by atomic mass is 10.2. The summed E-state index contributed by atoms with van der Waals surface area (Å²) in [5.41, 5.74) is 0. The van der Waals surface area contributed by atoms with Gasteiger partial charge in [0.25, 0.3) is 0 Å². The van der Waals surface area contributed by atoms with Gasteiger partial charge >= 0.3 is 0 Å². The second-order valence-electron chi connectivity index (χ2n) is 5.04. The van der Waals surface area contributed by atoms with Gasteiger partial charge in [0.05, 0.1) is 5.75 Å². The number of nitrogens with zero attached hydrogens (tertiary/aromatic N) is 1. The minimum Gasteiger partial charge on any atom is -0.357 e. The van der Waals surface area contributed by atoms with E-state index in [-0.39, 0.29) is 29.7 Å². The summed E-state index contributed by atoms with van der Waals surface area (Å²) in [6.45, 7) is 5.58. The molecule has 3 N–H and O–H groups in total. The zero-order valence-electron chi connectivity index (χ0n) is 13.0. The van der Waals surface area contributed by atoms with Crippen LogP contribution in [0.15, 0.2) is 4.99 Å². The normalized spacial score (nSPS) is 16.6. The standard InChI is InChI=1S/C13H28N4O2S.HI/c1-3-14-13(17-12-8-5-6-9-12)15-10-7-11-16-20(18,19)4-2;/h12,16H,3-11H2,1-2H3,(H2,14,15,17);1H. The summed E-state index contributed by atoms with van der Waals surface area (Å²) in [5.74, 6) is 0.972. The van der Waals surface area contributed by atoms with Crippen LogP contribution in [-0.2, 0) is 10.0 Å². The van der Waals surface area contributed by atoms with E-state index in [9.17, 15) is 8.42 Å². The number of hydrogen-bond acceptors (Lipinski definition) is 3. The number of sulfonamides is 1. The summed E-state index contributed by atoms with van der Waals surface area (Å²) >= 11 is 0. The summed E-state index contributed by atoms with van der Waals surface area (Å²) in [6.07, 6.45) is 5.70. The van der Waals surface area contributed by atoms with Crippen LogP contribution < -0.4 is 15.4 Å². The lowest BCUT2D eigenvalue weighted by Gasteiger charge is -2.16. The maximum atomic E-state index is 11.3. The van der Waals surface area contributed by atoms with Crippen LogP contribution in [-0.4, -0.2) is 45.8 Å². The summed E-state index contributed by atoms with van der Waals surface area (Å²) in [6, 6.07) is 0.534. The zero-order valence-corrected chi connectivity index (χ0v) is 16.2. The van der Waals surface area contributed by atoms with Crippen molar-refractivity contribution in [3.8, 4) is 0 Å². The van der Waals surface area contributed by atoms with E-state index in [4.69, 9.17) is 0 Å². The molecule has 0 heterocycles. The van der Waals surface area contributed by atoms with Crippen molar-refractivity contribution in [3.63, 3.8) is 0 Å². The van der Waals surface area contributed by atoms with Crippen molar-refractivity contribution >= 4 is 40.0 Å². The van der Waals surface area contributed by atoms with Crippen LogP contribution in [0.3, 0.4) is 0 Å². The first kappa shape index (κ1) is 20.9. The highest BCUT2D eigenvalue weighted by molar-refractivity contribution is 14.0. The third-order valence-electron chi connectivity index (χ3n) is 3.35. The predicted octanol–water partition coefficient (Wildman–Crippen LogP) is 1.43. The van der Waals surface area contributed by atoms with Gasteiger partial charge in [0.15, 0.2) is 5.96 Å². The molecule has 0 amide bonds. The lowest BCUT2D eigenvalue weighted by molar-refractivity contribution is 0.580. The second kappa shape index (κ2) is 11.5. The van der Waals surface area contributed by atoms with Crippen molar-refractivity contribution in [1.29, 1.82) is 0 Å². The van der Waals surface area contributed by atoms with E-state index < -0.39 is 10.0 Å². The first-order valence-electron chi connectivity index (χ1n) is 7.59. The van der Waals surface area contributed by atoms with E-state index in [0.717, 1.165) is 12.5 Å². The Hall–Kier alpha value is -0.0900. The number of hydrogen-bond donors (Lipinski definition) is 3. The molecule has 1 saturated carbocycles. The van der Waals surface area contributed by atoms with Gasteiger partial charge < -0.3 is 10.6 Å². The van der Waals surface area contributed by atoms with Crippen LogP contribution in [0.25, 0.3) is 0 Å². The summed E-state index contributed by atoms with van der Waals surface area (Å²) in [5, 5.41) is 6.66. The number of halogens is 1. The van der Waals surface area contributed by atoms with Gasteiger partial charge in [0.2, 0.25) is 10.0 Å². The van der Waals surface area contributed by atoms with Crippen molar-refractivity contribution < 1.29 is 8.42 Å². The van der Waals surface area contributed by atoms with Gasteiger partial charge in [-0.15, -0.1) is 24.0 Å². The minimum atomic E-state index is -3.08. The molecule has 0 aromatic rings. The van der Waals surface area contributed by atoms with E-state index in [1.54, 1.807) is 6.92 Å². The monoisotopic (exact) mass is 432 g/mol. The van der Waals surface area contributed by atoms with Crippen LogP contribution >= 0.6 is 24.0 Å². The maximum Gasteiger partial charge on any atom is 0.211 e. The fraction of sp³-hybridized carbons (Fsp3) is 0.923. The Morgan fingerprint density at radius 1 is 1.24 bits per heavy atom. The van der Waals surface area contributed by atoms with Crippen molar-refractivity contribution in [3.05, 3.63) is 0 Å². The zero-order chi connectivity index (χ0) is 14.8. The van der Waals surface area contributed by atoms with Crippen LogP contribution in [0, 0.1) is 0 Å². The molecule has 0 spiro atoms. The second-order valence-corrected chi connectivity index (χ2v) is 7.13. The molecule has 21 heavy (non-hydrogen) atoms. The van der Waals surface area contributed by atoms with Gasteiger partial charge in [-0.1, -0.05) is 12.8 Å². The molecule has 0 atom stereocenters. The van der Waals surface area contributed by atoms with Gasteiger partial charge in [0.1, 0.15) is 0 Å². The van der Waals surface area contributed by atoms with Crippen LogP contribution in [0.2, 0.25) is 0 Å². The molecule has 0 aromatic heterocycles. The smallest absolute Gasteiger partial charge is 0.211 e. The Kier molecular flexibility index (Phi) is 11.4. The highest BCUT2D eigenvalue weighted by Gasteiger charge is 2.15. The van der Waals surface area contributed by atoms with Crippen molar-refractivity contribution in [2.45, 2.75) is 52.0 Å². The molecule has 1 fully saturated rings. The SMILES string of the molecule is CCNC(=NCCCNS(=O)(=O)CC)NC1CCCC1.I. The number of rotatable bonds is 8. The van der Waals surface area contributed by atoms with Crippen molar-refractivity contribution in [2.75, 3.05) is 25.4 Å². The van der Waals surface area contributed by atoms with Crippen LogP contribution in [0.1, 0.15) is 46.0 Å². The van der Waals surface area contributed by atoms with Gasteiger partial charge in [-0.2, -0.15) is 0 Å². The first-order chi connectivity index (χ1) is 9.57. The molecule has 6 nitrogen and oxygen atoms in total. The van der Waals surface area contributed by atoms with Crippen molar-refractivity contribution in [1.82, 2.24) is 15.4 Å². The largest absolute Gasteiger partial charge is 0.357 e. The fourth-order valence-electron chi connectivity index (χ4n) is 2.18. The summed E-state index contributed by atoms with van der Waals surface area (Å²) in [4.78, 5) is 4.48. The molecule has 0 saturated heterocycles. The van der Waals surface area contributed by atoms with E-state index in [1.807, 2.05) is 6.92 Å². The predicted molar refractivity (Wildman–Crippen MR) is 98.9 cm³/mol. The number of nitrogens with one attached hydrogen (secondary N) is 3. The third-order valence-corrected chi connectivity index (χ3v) is 4.75. The molecule has 1 aliphatic carbocycles. The minimum absolute atomic E-state index is 0. The maximum absolute atomic E-state index is 11.3. The van der Waals surface area contributed by atoms with E-state index in [1.165, 1.54) is 25.7 Å². The quantitative estimate of drug-likeness (QED) is 0.235. The molecule has 0 unspecified atom stereocenters. The first-order valence-corrected chi connectivity index (χ1v) is 9.24. The Morgan fingerprint density at radius 3 is 2.48 bits per heavy atom. The molecule has 8 heteroatoms. The molecule has 0 bridgehead atoms. The molecule has 0 aromatic carbocycles. The van der Waals surface area contributed by atoms with E-state index in [2.05, 4.69) is 20.3 Å². The molecule has 1 aliphatic rings. The molecule has 0 aliphatic heterocycles.